The lowest BCUT2D eigenvalue weighted by atomic mass is 9.95. The van der Waals surface area contributed by atoms with Gasteiger partial charge in [0.15, 0.2) is 0 Å². The molecule has 1 atom stereocenters. The van der Waals surface area contributed by atoms with Crippen LogP contribution in [0.2, 0.25) is 5.02 Å². The van der Waals surface area contributed by atoms with Gasteiger partial charge in [-0.3, -0.25) is 0 Å². The maximum atomic E-state index is 6.06. The zero-order valence-corrected chi connectivity index (χ0v) is 12.7. The second kappa shape index (κ2) is 5.87. The molecule has 0 bridgehead atoms. The van der Waals surface area contributed by atoms with Gasteiger partial charge in [0.2, 0.25) is 0 Å². The number of halogens is 2. The van der Waals surface area contributed by atoms with Crippen LogP contribution in [0.4, 0.5) is 0 Å². The summed E-state index contributed by atoms with van der Waals surface area (Å²) >= 11 is 9.56. The Morgan fingerprint density at radius 2 is 1.94 bits per heavy atom. The quantitative estimate of drug-likeness (QED) is 0.861. The van der Waals surface area contributed by atoms with Gasteiger partial charge in [0.25, 0.3) is 0 Å². The molecule has 1 N–H and O–H groups in total. The van der Waals surface area contributed by atoms with Crippen LogP contribution in [0.3, 0.4) is 0 Å². The van der Waals surface area contributed by atoms with Crippen LogP contribution in [0, 0.1) is 6.92 Å². The highest BCUT2D eigenvalue weighted by Crippen LogP contribution is 2.28. The predicted molar refractivity (Wildman–Crippen MR) is 81.2 cm³/mol. The molecule has 2 rings (SSSR count). The van der Waals surface area contributed by atoms with Crippen LogP contribution in [-0.2, 0) is 0 Å². The van der Waals surface area contributed by atoms with E-state index in [0.29, 0.717) is 0 Å². The summed E-state index contributed by atoms with van der Waals surface area (Å²) in [5, 5.41) is 4.11. The first kappa shape index (κ1) is 13.6. The maximum absolute atomic E-state index is 6.06. The zero-order valence-electron chi connectivity index (χ0n) is 10.4. The lowest BCUT2D eigenvalue weighted by Gasteiger charge is -2.20. The van der Waals surface area contributed by atoms with Crippen molar-refractivity contribution in [3.63, 3.8) is 0 Å². The van der Waals surface area contributed by atoms with E-state index in [1.807, 2.05) is 25.2 Å². The van der Waals surface area contributed by atoms with Crippen LogP contribution in [0.5, 0.6) is 0 Å². The molecule has 0 aliphatic heterocycles. The summed E-state index contributed by atoms with van der Waals surface area (Å²) in [7, 11) is 1.97. The molecule has 0 amide bonds. The van der Waals surface area contributed by atoms with E-state index in [-0.39, 0.29) is 6.04 Å². The van der Waals surface area contributed by atoms with Crippen LogP contribution in [-0.4, -0.2) is 7.05 Å². The van der Waals surface area contributed by atoms with E-state index in [4.69, 9.17) is 11.6 Å². The normalized spacial score (nSPS) is 12.4. The van der Waals surface area contributed by atoms with Crippen LogP contribution in [0.15, 0.2) is 46.9 Å². The largest absolute Gasteiger partial charge is 0.309 e. The molecule has 18 heavy (non-hydrogen) atoms. The number of hydrogen-bond donors (Lipinski definition) is 1. The molecule has 0 aliphatic rings. The Labute approximate surface area is 121 Å². The minimum Gasteiger partial charge on any atom is -0.309 e. The summed E-state index contributed by atoms with van der Waals surface area (Å²) in [6.07, 6.45) is 0. The van der Waals surface area contributed by atoms with Gasteiger partial charge in [0, 0.05) is 9.50 Å². The molecule has 1 nitrogen and oxygen atoms in total. The van der Waals surface area contributed by atoms with Crippen molar-refractivity contribution in [1.82, 2.24) is 5.32 Å². The summed E-state index contributed by atoms with van der Waals surface area (Å²) in [5.74, 6) is 0. The van der Waals surface area contributed by atoms with Gasteiger partial charge in [-0.25, -0.2) is 0 Å². The molecule has 0 saturated heterocycles. The Kier molecular flexibility index (Phi) is 4.44. The Balaban J connectivity index is 2.45. The summed E-state index contributed by atoms with van der Waals surface area (Å²) in [6.45, 7) is 2.12. The lowest BCUT2D eigenvalue weighted by Crippen LogP contribution is -2.18. The van der Waals surface area contributed by atoms with Crippen molar-refractivity contribution in [3.05, 3.63) is 68.7 Å². The van der Waals surface area contributed by atoms with E-state index in [9.17, 15) is 0 Å². The average Bonchev–Trinajstić information content (AvgIpc) is 2.33. The highest BCUT2D eigenvalue weighted by molar-refractivity contribution is 9.10. The molecule has 1 unspecified atom stereocenters. The van der Waals surface area contributed by atoms with E-state index < -0.39 is 0 Å². The third-order valence-corrected chi connectivity index (χ3v) is 3.74. The Bertz CT molecular complexity index is 554. The molecular formula is C15H15BrClN. The molecule has 94 valence electrons. The van der Waals surface area contributed by atoms with E-state index in [1.165, 1.54) is 16.7 Å². The van der Waals surface area contributed by atoms with Gasteiger partial charge in [-0.1, -0.05) is 45.7 Å². The van der Waals surface area contributed by atoms with Crippen molar-refractivity contribution in [2.24, 2.45) is 0 Å². The van der Waals surface area contributed by atoms with Crippen molar-refractivity contribution in [3.8, 4) is 0 Å². The summed E-state index contributed by atoms with van der Waals surface area (Å²) < 4.78 is 1.10. The fourth-order valence-electron chi connectivity index (χ4n) is 2.15. The van der Waals surface area contributed by atoms with Crippen molar-refractivity contribution in [2.75, 3.05) is 7.05 Å². The van der Waals surface area contributed by atoms with Crippen molar-refractivity contribution in [1.29, 1.82) is 0 Å². The Morgan fingerprint density at radius 1 is 1.17 bits per heavy atom. The highest BCUT2D eigenvalue weighted by Gasteiger charge is 2.14. The van der Waals surface area contributed by atoms with Gasteiger partial charge >= 0.3 is 0 Å². The first-order valence-electron chi connectivity index (χ1n) is 5.80. The number of rotatable bonds is 3. The SMILES string of the molecule is CNC(c1cccc(Cl)c1)c1ccc(Br)cc1C. The molecule has 0 heterocycles. The third-order valence-electron chi connectivity index (χ3n) is 3.01. The molecule has 3 heteroatoms. The molecule has 0 spiro atoms. The van der Waals surface area contributed by atoms with Gasteiger partial charge in [-0.15, -0.1) is 0 Å². The molecule has 0 saturated carbocycles. The predicted octanol–water partition coefficient (Wildman–Crippen LogP) is 4.72. The minimum absolute atomic E-state index is 0.164. The minimum atomic E-state index is 0.164. The standard InChI is InChI=1S/C15H15BrClN/c1-10-8-12(16)6-7-14(10)15(18-2)11-4-3-5-13(17)9-11/h3-9,15,18H,1-2H3. The van der Waals surface area contributed by atoms with Gasteiger partial charge in [0.1, 0.15) is 0 Å². The van der Waals surface area contributed by atoms with Gasteiger partial charge < -0.3 is 5.32 Å². The third kappa shape index (κ3) is 2.94. The van der Waals surface area contributed by atoms with Gasteiger partial charge in [-0.2, -0.15) is 0 Å². The van der Waals surface area contributed by atoms with E-state index >= 15 is 0 Å². The molecule has 0 radical (unpaired) electrons. The first-order valence-corrected chi connectivity index (χ1v) is 6.97. The molecule has 2 aromatic carbocycles. The summed E-state index contributed by atoms with van der Waals surface area (Å²) in [5.41, 5.74) is 3.70. The number of nitrogens with one attached hydrogen (secondary N) is 1. The van der Waals surface area contributed by atoms with Gasteiger partial charge in [0.05, 0.1) is 6.04 Å². The molecular weight excluding hydrogens is 310 g/mol. The Morgan fingerprint density at radius 3 is 2.56 bits per heavy atom. The summed E-state index contributed by atoms with van der Waals surface area (Å²) in [4.78, 5) is 0. The number of hydrogen-bond acceptors (Lipinski definition) is 1. The molecule has 0 aromatic heterocycles. The second-order valence-electron chi connectivity index (χ2n) is 4.28. The van der Waals surface area contributed by atoms with E-state index in [1.54, 1.807) is 0 Å². The van der Waals surface area contributed by atoms with Crippen molar-refractivity contribution in [2.45, 2.75) is 13.0 Å². The smallest absolute Gasteiger partial charge is 0.0577 e. The summed E-state index contributed by atoms with van der Waals surface area (Å²) in [6, 6.07) is 14.5. The maximum Gasteiger partial charge on any atom is 0.0577 e. The second-order valence-corrected chi connectivity index (χ2v) is 5.63. The first-order chi connectivity index (χ1) is 8.61. The van der Waals surface area contributed by atoms with Gasteiger partial charge in [-0.05, 0) is 54.9 Å². The van der Waals surface area contributed by atoms with Crippen molar-refractivity contribution >= 4 is 27.5 Å². The molecule has 0 aliphatic carbocycles. The Hall–Kier alpha value is -0.830. The fourth-order valence-corrected chi connectivity index (χ4v) is 2.83. The zero-order chi connectivity index (χ0) is 13.1. The molecule has 0 fully saturated rings. The van der Waals surface area contributed by atoms with Crippen LogP contribution >= 0.6 is 27.5 Å². The monoisotopic (exact) mass is 323 g/mol. The number of benzene rings is 2. The van der Waals surface area contributed by atoms with E-state index in [0.717, 1.165) is 9.50 Å². The number of aryl methyl sites for hydroxylation is 1. The van der Waals surface area contributed by atoms with Crippen LogP contribution in [0.1, 0.15) is 22.7 Å². The lowest BCUT2D eigenvalue weighted by molar-refractivity contribution is 0.687. The fraction of sp³-hybridized carbons (Fsp3) is 0.200. The topological polar surface area (TPSA) is 12.0 Å². The van der Waals surface area contributed by atoms with Crippen LogP contribution in [0.25, 0.3) is 0 Å². The molecule has 2 aromatic rings. The van der Waals surface area contributed by atoms with E-state index in [2.05, 4.69) is 52.4 Å². The average molecular weight is 325 g/mol. The highest BCUT2D eigenvalue weighted by atomic mass is 79.9. The van der Waals surface area contributed by atoms with Crippen molar-refractivity contribution < 1.29 is 0 Å². The van der Waals surface area contributed by atoms with Crippen LogP contribution < -0.4 is 5.32 Å².